The first-order valence-electron chi connectivity index (χ1n) is 8.26. The molecule has 1 amide bonds. The van der Waals surface area contributed by atoms with Crippen molar-refractivity contribution in [3.63, 3.8) is 0 Å². The fourth-order valence-corrected chi connectivity index (χ4v) is 3.21. The van der Waals surface area contributed by atoms with Crippen molar-refractivity contribution in [1.82, 2.24) is 10.3 Å². The zero-order chi connectivity index (χ0) is 17.7. The van der Waals surface area contributed by atoms with Gasteiger partial charge in [0.1, 0.15) is 5.60 Å². The zero-order valence-electron chi connectivity index (χ0n) is 13.7. The summed E-state index contributed by atoms with van der Waals surface area (Å²) in [5.41, 5.74) is 0.231. The van der Waals surface area contributed by atoms with Gasteiger partial charge in [-0.25, -0.2) is 0 Å². The molecule has 1 saturated carbocycles. The van der Waals surface area contributed by atoms with Crippen molar-refractivity contribution in [1.29, 1.82) is 0 Å². The summed E-state index contributed by atoms with van der Waals surface area (Å²) < 4.78 is 0. The Hall–Kier alpha value is -2.35. The minimum absolute atomic E-state index is 0.104. The van der Waals surface area contributed by atoms with Crippen molar-refractivity contribution in [2.45, 2.75) is 37.3 Å². The van der Waals surface area contributed by atoms with Crippen LogP contribution in [0.5, 0.6) is 0 Å². The van der Waals surface area contributed by atoms with Gasteiger partial charge in [0.2, 0.25) is 0 Å². The number of rotatable bonds is 2. The first-order chi connectivity index (χ1) is 12.0. The van der Waals surface area contributed by atoms with Gasteiger partial charge in [0.15, 0.2) is 0 Å². The third-order valence-corrected chi connectivity index (χ3v) is 4.50. The normalized spacial score (nSPS) is 22.6. The molecule has 0 spiro atoms. The molecule has 2 atom stereocenters. The molecule has 2 N–H and O–H groups in total. The van der Waals surface area contributed by atoms with Crippen LogP contribution in [0.15, 0.2) is 48.8 Å². The minimum Gasteiger partial charge on any atom is -0.378 e. The number of carbonyl (C=O) groups is 1. The predicted octanol–water partition coefficient (Wildman–Crippen LogP) is 3.19. The molecule has 0 aliphatic heterocycles. The zero-order valence-corrected chi connectivity index (χ0v) is 14.5. The van der Waals surface area contributed by atoms with Crippen molar-refractivity contribution < 1.29 is 9.90 Å². The Balaban J connectivity index is 1.67. The van der Waals surface area contributed by atoms with Crippen LogP contribution in [0.25, 0.3) is 0 Å². The Morgan fingerprint density at radius 2 is 2.12 bits per heavy atom. The van der Waals surface area contributed by atoms with E-state index in [9.17, 15) is 9.90 Å². The second-order valence-corrected chi connectivity index (χ2v) is 6.73. The standard InChI is InChI=1S/C20H19ClN2O2/c21-17-4-1-3-15(13-17)6-10-20(25)9-2-5-18(14-20)23-19(24)16-7-11-22-12-8-16/h1,3-4,7-8,11-13,18,25H,2,5,9,14H2,(H,23,24)/t18-,20?/m0/s1. The molecule has 5 heteroatoms. The van der Waals surface area contributed by atoms with Gasteiger partial charge in [-0.05, 0) is 49.6 Å². The van der Waals surface area contributed by atoms with Gasteiger partial charge in [0.05, 0.1) is 0 Å². The van der Waals surface area contributed by atoms with E-state index >= 15 is 0 Å². The molecule has 1 heterocycles. The van der Waals surface area contributed by atoms with E-state index in [-0.39, 0.29) is 11.9 Å². The summed E-state index contributed by atoms with van der Waals surface area (Å²) in [5.74, 6) is 5.81. The second kappa shape index (κ2) is 7.69. The lowest BCUT2D eigenvalue weighted by atomic mass is 9.82. The molecule has 1 unspecified atom stereocenters. The fraction of sp³-hybridized carbons (Fsp3) is 0.300. The molecule has 0 bridgehead atoms. The molecule has 1 aromatic heterocycles. The number of carbonyl (C=O) groups excluding carboxylic acids is 1. The maximum Gasteiger partial charge on any atom is 0.251 e. The molecule has 3 rings (SSSR count). The van der Waals surface area contributed by atoms with Gasteiger partial charge in [0, 0.05) is 41.0 Å². The molecule has 0 saturated heterocycles. The molecule has 1 fully saturated rings. The van der Waals surface area contributed by atoms with Gasteiger partial charge in [-0.2, -0.15) is 0 Å². The van der Waals surface area contributed by atoms with E-state index in [0.717, 1.165) is 18.4 Å². The van der Waals surface area contributed by atoms with E-state index < -0.39 is 5.60 Å². The maximum atomic E-state index is 12.3. The minimum atomic E-state index is -1.10. The van der Waals surface area contributed by atoms with Crippen molar-refractivity contribution in [3.8, 4) is 11.8 Å². The molecule has 1 aliphatic rings. The van der Waals surface area contributed by atoms with Crippen molar-refractivity contribution in [2.24, 2.45) is 0 Å². The van der Waals surface area contributed by atoms with Gasteiger partial charge >= 0.3 is 0 Å². The van der Waals surface area contributed by atoms with Gasteiger partial charge in [0.25, 0.3) is 5.91 Å². The lowest BCUT2D eigenvalue weighted by Crippen LogP contribution is -2.45. The first-order valence-corrected chi connectivity index (χ1v) is 8.64. The summed E-state index contributed by atoms with van der Waals surface area (Å²) in [5, 5.41) is 14.4. The number of amides is 1. The molecular formula is C20H19ClN2O2. The number of halogens is 1. The van der Waals surface area contributed by atoms with Gasteiger partial charge in [-0.1, -0.05) is 29.5 Å². The summed E-state index contributed by atoms with van der Waals surface area (Å²) >= 11 is 5.96. The monoisotopic (exact) mass is 354 g/mol. The van der Waals surface area contributed by atoms with Crippen LogP contribution in [-0.2, 0) is 0 Å². The number of aromatic nitrogens is 1. The number of hydrogen-bond acceptors (Lipinski definition) is 3. The summed E-state index contributed by atoms with van der Waals surface area (Å²) in [6.45, 7) is 0. The summed E-state index contributed by atoms with van der Waals surface area (Å²) in [6, 6.07) is 10.5. The third-order valence-electron chi connectivity index (χ3n) is 4.27. The molecular weight excluding hydrogens is 336 g/mol. The molecule has 128 valence electrons. The summed E-state index contributed by atoms with van der Waals surface area (Å²) in [7, 11) is 0. The van der Waals surface area contributed by atoms with E-state index in [4.69, 9.17) is 11.6 Å². The molecule has 2 aromatic rings. The lowest BCUT2D eigenvalue weighted by Gasteiger charge is -2.33. The van der Waals surface area contributed by atoms with Gasteiger partial charge in [-0.15, -0.1) is 0 Å². The average molecular weight is 355 g/mol. The van der Waals surface area contributed by atoms with E-state index in [2.05, 4.69) is 22.1 Å². The van der Waals surface area contributed by atoms with E-state index in [0.29, 0.717) is 23.4 Å². The maximum absolute atomic E-state index is 12.3. The van der Waals surface area contributed by atoms with Crippen LogP contribution in [0.1, 0.15) is 41.6 Å². The smallest absolute Gasteiger partial charge is 0.251 e. The Labute approximate surface area is 152 Å². The van der Waals surface area contributed by atoms with E-state index in [1.54, 1.807) is 36.7 Å². The molecule has 1 aromatic carbocycles. The van der Waals surface area contributed by atoms with Crippen LogP contribution in [0.2, 0.25) is 5.02 Å². The van der Waals surface area contributed by atoms with E-state index in [1.807, 2.05) is 12.1 Å². The summed E-state index contributed by atoms with van der Waals surface area (Å²) in [4.78, 5) is 16.2. The van der Waals surface area contributed by atoms with Crippen LogP contribution in [0.4, 0.5) is 0 Å². The van der Waals surface area contributed by atoms with Crippen molar-refractivity contribution >= 4 is 17.5 Å². The topological polar surface area (TPSA) is 62.2 Å². The first kappa shape index (κ1) is 17.5. The Morgan fingerprint density at radius 3 is 2.88 bits per heavy atom. The Kier molecular flexibility index (Phi) is 5.37. The fourth-order valence-electron chi connectivity index (χ4n) is 3.02. The number of aliphatic hydroxyl groups is 1. The highest BCUT2D eigenvalue weighted by Crippen LogP contribution is 2.28. The highest BCUT2D eigenvalue weighted by molar-refractivity contribution is 6.30. The van der Waals surface area contributed by atoms with Crippen LogP contribution >= 0.6 is 11.6 Å². The lowest BCUT2D eigenvalue weighted by molar-refractivity contribution is 0.0452. The quantitative estimate of drug-likeness (QED) is 0.814. The highest BCUT2D eigenvalue weighted by atomic mass is 35.5. The molecule has 1 aliphatic carbocycles. The number of pyridine rings is 1. The average Bonchev–Trinajstić information content (AvgIpc) is 2.61. The Bertz CT molecular complexity index is 813. The van der Waals surface area contributed by atoms with E-state index in [1.165, 1.54) is 0 Å². The van der Waals surface area contributed by atoms with Gasteiger partial charge in [-0.3, -0.25) is 9.78 Å². The predicted molar refractivity (Wildman–Crippen MR) is 97.2 cm³/mol. The number of benzene rings is 1. The largest absolute Gasteiger partial charge is 0.378 e. The Morgan fingerprint density at radius 1 is 1.32 bits per heavy atom. The number of hydrogen-bond donors (Lipinski definition) is 2. The third kappa shape index (κ3) is 4.82. The van der Waals surface area contributed by atoms with Crippen LogP contribution in [0.3, 0.4) is 0 Å². The van der Waals surface area contributed by atoms with Crippen molar-refractivity contribution in [3.05, 3.63) is 64.9 Å². The number of nitrogens with zero attached hydrogens (tertiary/aromatic N) is 1. The van der Waals surface area contributed by atoms with Crippen LogP contribution in [-0.4, -0.2) is 27.6 Å². The second-order valence-electron chi connectivity index (χ2n) is 6.29. The molecule has 25 heavy (non-hydrogen) atoms. The van der Waals surface area contributed by atoms with Crippen molar-refractivity contribution in [2.75, 3.05) is 0 Å². The number of nitrogens with one attached hydrogen (secondary N) is 1. The highest BCUT2D eigenvalue weighted by Gasteiger charge is 2.33. The molecule has 0 radical (unpaired) electrons. The summed E-state index contributed by atoms with van der Waals surface area (Å²) in [6.07, 6.45) is 5.82. The van der Waals surface area contributed by atoms with Crippen LogP contribution < -0.4 is 5.32 Å². The SMILES string of the molecule is O=C(N[C@H]1CCCC(O)(C#Cc2cccc(Cl)c2)C1)c1ccncc1. The van der Waals surface area contributed by atoms with Crippen LogP contribution in [0, 0.1) is 11.8 Å². The molecule has 4 nitrogen and oxygen atoms in total. The van der Waals surface area contributed by atoms with Gasteiger partial charge < -0.3 is 10.4 Å².